The van der Waals surface area contributed by atoms with Gasteiger partial charge in [0.25, 0.3) is 5.91 Å². The fourth-order valence-corrected chi connectivity index (χ4v) is 3.16. The third-order valence-corrected chi connectivity index (χ3v) is 4.40. The molecule has 18 heavy (non-hydrogen) atoms. The summed E-state index contributed by atoms with van der Waals surface area (Å²) in [4.78, 5) is 14.6. The zero-order valence-electron chi connectivity index (χ0n) is 10.4. The first-order valence-corrected chi connectivity index (χ1v) is 7.48. The zero-order valence-corrected chi connectivity index (χ0v) is 12.6. The molecule has 1 saturated carbocycles. The largest absolute Gasteiger partial charge is 0.332 e. The lowest BCUT2D eigenvalue weighted by molar-refractivity contribution is 0.0705. The summed E-state index contributed by atoms with van der Waals surface area (Å²) in [6.45, 7) is 4.42. The van der Waals surface area contributed by atoms with Crippen LogP contribution in [0.1, 0.15) is 36.0 Å². The minimum atomic E-state index is 0.145. The number of carbonyl (C=O) groups is 1. The molecular formula is C15H18INO. The van der Waals surface area contributed by atoms with E-state index in [0.29, 0.717) is 12.6 Å². The van der Waals surface area contributed by atoms with Gasteiger partial charge in [0.2, 0.25) is 0 Å². The van der Waals surface area contributed by atoms with Crippen molar-refractivity contribution in [2.45, 2.75) is 31.7 Å². The number of halogens is 1. The van der Waals surface area contributed by atoms with Crippen LogP contribution in [0.3, 0.4) is 0 Å². The van der Waals surface area contributed by atoms with E-state index in [1.807, 2.05) is 35.2 Å². The molecule has 1 aliphatic carbocycles. The van der Waals surface area contributed by atoms with E-state index >= 15 is 0 Å². The number of rotatable bonds is 4. The maximum absolute atomic E-state index is 12.6. The molecule has 2 rings (SSSR count). The second-order valence-electron chi connectivity index (χ2n) is 4.66. The number of nitrogens with zero attached hydrogens (tertiary/aromatic N) is 1. The van der Waals surface area contributed by atoms with Gasteiger partial charge in [0, 0.05) is 16.2 Å². The average molecular weight is 355 g/mol. The van der Waals surface area contributed by atoms with Crippen LogP contribution in [0.5, 0.6) is 0 Å². The normalized spacial score (nSPS) is 15.6. The lowest BCUT2D eigenvalue weighted by Crippen LogP contribution is -2.39. The first-order chi connectivity index (χ1) is 8.74. The standard InChI is InChI=1S/C15H18INO/c1-2-11-17(12-7-3-4-8-12)15(18)13-9-5-6-10-14(13)16/h2,5-6,9-10,12H,1,3-4,7-8,11H2. The molecule has 1 aromatic carbocycles. The molecule has 0 radical (unpaired) electrons. The molecule has 0 atom stereocenters. The Morgan fingerprint density at radius 1 is 1.39 bits per heavy atom. The second-order valence-corrected chi connectivity index (χ2v) is 5.83. The number of amides is 1. The molecule has 0 spiro atoms. The fraction of sp³-hybridized carbons (Fsp3) is 0.400. The minimum Gasteiger partial charge on any atom is -0.332 e. The van der Waals surface area contributed by atoms with E-state index in [-0.39, 0.29) is 5.91 Å². The zero-order chi connectivity index (χ0) is 13.0. The Morgan fingerprint density at radius 3 is 2.67 bits per heavy atom. The maximum atomic E-state index is 12.6. The topological polar surface area (TPSA) is 20.3 Å². The molecule has 0 aromatic heterocycles. The van der Waals surface area contributed by atoms with Crippen LogP contribution in [-0.4, -0.2) is 23.4 Å². The molecule has 0 aliphatic heterocycles. The summed E-state index contributed by atoms with van der Waals surface area (Å²) in [5.74, 6) is 0.145. The van der Waals surface area contributed by atoms with Crippen molar-refractivity contribution >= 4 is 28.5 Å². The third-order valence-electron chi connectivity index (χ3n) is 3.46. The number of carbonyl (C=O) groups excluding carboxylic acids is 1. The monoisotopic (exact) mass is 355 g/mol. The highest BCUT2D eigenvalue weighted by Gasteiger charge is 2.27. The second kappa shape index (κ2) is 6.36. The first-order valence-electron chi connectivity index (χ1n) is 6.40. The van der Waals surface area contributed by atoms with Crippen LogP contribution < -0.4 is 0 Å². The lowest BCUT2D eigenvalue weighted by Gasteiger charge is -2.28. The summed E-state index contributed by atoms with van der Waals surface area (Å²) >= 11 is 2.23. The van der Waals surface area contributed by atoms with E-state index in [1.165, 1.54) is 12.8 Å². The van der Waals surface area contributed by atoms with Gasteiger partial charge in [0.15, 0.2) is 0 Å². The Kier molecular flexibility index (Phi) is 4.80. The van der Waals surface area contributed by atoms with Gasteiger partial charge < -0.3 is 4.90 Å². The SMILES string of the molecule is C=CCN(C(=O)c1ccccc1I)C1CCCC1. The fourth-order valence-electron chi connectivity index (χ4n) is 2.54. The van der Waals surface area contributed by atoms with Crippen LogP contribution in [0.2, 0.25) is 0 Å². The highest BCUT2D eigenvalue weighted by Crippen LogP contribution is 2.25. The molecule has 1 fully saturated rings. The predicted octanol–water partition coefficient (Wildman–Crippen LogP) is 3.86. The number of hydrogen-bond acceptors (Lipinski definition) is 1. The van der Waals surface area contributed by atoms with E-state index in [9.17, 15) is 4.79 Å². The van der Waals surface area contributed by atoms with Crippen molar-refractivity contribution in [1.82, 2.24) is 4.90 Å². The van der Waals surface area contributed by atoms with Gasteiger partial charge in [-0.2, -0.15) is 0 Å². The maximum Gasteiger partial charge on any atom is 0.255 e. The molecule has 0 N–H and O–H groups in total. The molecule has 0 unspecified atom stereocenters. The van der Waals surface area contributed by atoms with Gasteiger partial charge in [-0.1, -0.05) is 31.1 Å². The summed E-state index contributed by atoms with van der Waals surface area (Å²) in [6, 6.07) is 8.18. The van der Waals surface area contributed by atoms with Crippen LogP contribution in [0.4, 0.5) is 0 Å². The van der Waals surface area contributed by atoms with E-state index in [4.69, 9.17) is 0 Å². The van der Waals surface area contributed by atoms with Gasteiger partial charge in [-0.15, -0.1) is 6.58 Å². The molecule has 0 heterocycles. The Hall–Kier alpha value is -0.840. The van der Waals surface area contributed by atoms with Crippen LogP contribution in [0.25, 0.3) is 0 Å². The highest BCUT2D eigenvalue weighted by molar-refractivity contribution is 14.1. The smallest absolute Gasteiger partial charge is 0.255 e. The van der Waals surface area contributed by atoms with Gasteiger partial charge in [-0.3, -0.25) is 4.79 Å². The molecule has 96 valence electrons. The van der Waals surface area contributed by atoms with Gasteiger partial charge in [0.05, 0.1) is 5.56 Å². The summed E-state index contributed by atoms with van der Waals surface area (Å²) in [7, 11) is 0. The van der Waals surface area contributed by atoms with E-state index in [2.05, 4.69) is 29.2 Å². The van der Waals surface area contributed by atoms with Crippen LogP contribution in [0.15, 0.2) is 36.9 Å². The molecule has 2 nitrogen and oxygen atoms in total. The van der Waals surface area contributed by atoms with Crippen molar-refractivity contribution in [3.63, 3.8) is 0 Å². The Balaban J connectivity index is 2.22. The minimum absolute atomic E-state index is 0.145. The van der Waals surface area contributed by atoms with Gasteiger partial charge in [0.1, 0.15) is 0 Å². The van der Waals surface area contributed by atoms with Crippen molar-refractivity contribution in [3.8, 4) is 0 Å². The molecule has 1 aromatic rings. The summed E-state index contributed by atoms with van der Waals surface area (Å²) in [5.41, 5.74) is 0.812. The van der Waals surface area contributed by atoms with E-state index in [0.717, 1.165) is 22.0 Å². The Labute approximate surface area is 122 Å². The summed E-state index contributed by atoms with van der Waals surface area (Å²) in [6.07, 6.45) is 6.55. The quantitative estimate of drug-likeness (QED) is 0.593. The van der Waals surface area contributed by atoms with E-state index in [1.54, 1.807) is 0 Å². The van der Waals surface area contributed by atoms with Crippen LogP contribution in [-0.2, 0) is 0 Å². The third kappa shape index (κ3) is 2.94. The molecular weight excluding hydrogens is 337 g/mol. The van der Waals surface area contributed by atoms with Gasteiger partial charge in [-0.25, -0.2) is 0 Å². The highest BCUT2D eigenvalue weighted by atomic mass is 127. The van der Waals surface area contributed by atoms with Crippen molar-refractivity contribution in [2.75, 3.05) is 6.54 Å². The van der Waals surface area contributed by atoms with Crippen molar-refractivity contribution in [1.29, 1.82) is 0 Å². The van der Waals surface area contributed by atoms with Gasteiger partial charge in [-0.05, 0) is 47.6 Å². The average Bonchev–Trinajstić information content (AvgIpc) is 2.89. The predicted molar refractivity (Wildman–Crippen MR) is 82.6 cm³/mol. The molecule has 0 saturated heterocycles. The van der Waals surface area contributed by atoms with Gasteiger partial charge >= 0.3 is 0 Å². The molecule has 1 amide bonds. The van der Waals surface area contributed by atoms with Crippen LogP contribution >= 0.6 is 22.6 Å². The Bertz CT molecular complexity index is 438. The summed E-state index contributed by atoms with van der Waals surface area (Å²) < 4.78 is 1.02. The first kappa shape index (κ1) is 13.6. The Morgan fingerprint density at radius 2 is 2.06 bits per heavy atom. The van der Waals surface area contributed by atoms with E-state index < -0.39 is 0 Å². The number of hydrogen-bond donors (Lipinski definition) is 0. The lowest BCUT2D eigenvalue weighted by atomic mass is 10.1. The molecule has 3 heteroatoms. The molecule has 1 aliphatic rings. The molecule has 0 bridgehead atoms. The van der Waals surface area contributed by atoms with Crippen molar-refractivity contribution in [2.24, 2.45) is 0 Å². The van der Waals surface area contributed by atoms with Crippen molar-refractivity contribution < 1.29 is 4.79 Å². The van der Waals surface area contributed by atoms with Crippen LogP contribution in [0, 0.1) is 3.57 Å². The summed E-state index contributed by atoms with van der Waals surface area (Å²) in [5, 5.41) is 0. The van der Waals surface area contributed by atoms with Crippen molar-refractivity contribution in [3.05, 3.63) is 46.1 Å². The number of benzene rings is 1.